The number of ether oxygens (including phenoxy) is 1. The Hall–Kier alpha value is -3.24. The Morgan fingerprint density at radius 2 is 1.84 bits per heavy atom. The number of rotatable bonds is 4. The Bertz CT molecular complexity index is 1330. The molecule has 1 N–H and O–H groups in total. The molecule has 2 aromatic heterocycles. The summed E-state index contributed by atoms with van der Waals surface area (Å²) in [4.78, 5) is 28.6. The lowest BCUT2D eigenvalue weighted by atomic mass is 9.87. The molecule has 1 spiro atoms. The van der Waals surface area contributed by atoms with Crippen molar-refractivity contribution in [1.82, 2.24) is 19.2 Å². The van der Waals surface area contributed by atoms with Gasteiger partial charge in [-0.3, -0.25) is 9.78 Å². The first-order valence-electron chi connectivity index (χ1n) is 13.6. The molecule has 7 rings (SSSR count). The van der Waals surface area contributed by atoms with Crippen LogP contribution in [0.15, 0.2) is 36.5 Å². The number of fused-ring (bicyclic) bond motifs is 1. The normalized spacial score (nSPS) is 22.2. The molecule has 6 heterocycles. The Labute approximate surface area is 226 Å². The fourth-order valence-electron chi connectivity index (χ4n) is 6.15. The van der Waals surface area contributed by atoms with Crippen LogP contribution in [0.4, 0.5) is 11.1 Å². The van der Waals surface area contributed by atoms with E-state index in [0.29, 0.717) is 25.1 Å². The summed E-state index contributed by atoms with van der Waals surface area (Å²) in [5, 5.41) is 10.8. The number of carbonyl (C=O) groups excluding carboxylic acids is 1. The predicted octanol–water partition coefficient (Wildman–Crippen LogP) is 3.38. The molecule has 0 bridgehead atoms. The van der Waals surface area contributed by atoms with Crippen LogP contribution < -0.4 is 14.5 Å². The smallest absolute Gasteiger partial charge is 0.253 e. The second-order valence-corrected chi connectivity index (χ2v) is 11.7. The molecule has 3 saturated heterocycles. The molecule has 0 saturated carbocycles. The van der Waals surface area contributed by atoms with Gasteiger partial charge < -0.3 is 24.5 Å². The highest BCUT2D eigenvalue weighted by Gasteiger charge is 2.43. The lowest BCUT2D eigenvalue weighted by Gasteiger charge is -2.38. The molecule has 198 valence electrons. The first kappa shape index (κ1) is 23.8. The number of hydrogen-bond acceptors (Lipinski definition) is 9. The van der Waals surface area contributed by atoms with E-state index in [1.807, 2.05) is 30.5 Å². The second kappa shape index (κ2) is 9.50. The van der Waals surface area contributed by atoms with Crippen molar-refractivity contribution < 1.29 is 14.6 Å². The number of anilines is 2. The number of pyridine rings is 1. The summed E-state index contributed by atoms with van der Waals surface area (Å²) in [5.74, 6) is 1.74. The van der Waals surface area contributed by atoms with Gasteiger partial charge in [0.1, 0.15) is 11.4 Å². The van der Waals surface area contributed by atoms with Gasteiger partial charge in [0, 0.05) is 86.8 Å². The zero-order valence-electron chi connectivity index (χ0n) is 21.4. The summed E-state index contributed by atoms with van der Waals surface area (Å²) in [7, 11) is 0. The number of aromatic nitrogens is 3. The van der Waals surface area contributed by atoms with Gasteiger partial charge in [0.15, 0.2) is 0 Å². The number of hydrogen-bond donors (Lipinski definition) is 1. The van der Waals surface area contributed by atoms with Gasteiger partial charge in [-0.2, -0.15) is 9.36 Å². The summed E-state index contributed by atoms with van der Waals surface area (Å²) < 4.78 is 11.1. The van der Waals surface area contributed by atoms with Crippen LogP contribution in [0, 0.1) is 0 Å². The van der Waals surface area contributed by atoms with E-state index in [9.17, 15) is 9.90 Å². The number of amides is 1. The van der Waals surface area contributed by atoms with E-state index in [1.165, 1.54) is 29.9 Å². The third-order valence-electron chi connectivity index (χ3n) is 8.40. The summed E-state index contributed by atoms with van der Waals surface area (Å²) in [6, 6.07) is 9.76. The van der Waals surface area contributed by atoms with E-state index >= 15 is 0 Å². The number of likely N-dealkylation sites (tertiary alicyclic amines) is 1. The summed E-state index contributed by atoms with van der Waals surface area (Å²) >= 11 is 1.51. The van der Waals surface area contributed by atoms with Gasteiger partial charge >= 0.3 is 0 Å². The van der Waals surface area contributed by atoms with E-state index < -0.39 is 6.10 Å². The van der Waals surface area contributed by atoms with Crippen molar-refractivity contribution in [2.24, 2.45) is 0 Å². The monoisotopic (exact) mass is 532 g/mol. The maximum absolute atomic E-state index is 12.7. The molecular weight excluding hydrogens is 500 g/mol. The van der Waals surface area contributed by atoms with Crippen LogP contribution in [0.5, 0.6) is 5.75 Å². The Kier molecular flexibility index (Phi) is 5.96. The third-order valence-corrected chi connectivity index (χ3v) is 9.17. The van der Waals surface area contributed by atoms with E-state index in [1.54, 1.807) is 4.90 Å². The summed E-state index contributed by atoms with van der Waals surface area (Å²) in [6.07, 6.45) is 7.30. The first-order chi connectivity index (χ1) is 18.6. The van der Waals surface area contributed by atoms with E-state index in [2.05, 4.69) is 25.2 Å². The molecule has 38 heavy (non-hydrogen) atoms. The summed E-state index contributed by atoms with van der Waals surface area (Å²) in [6.45, 7) is 4.96. The van der Waals surface area contributed by atoms with Gasteiger partial charge in [0.2, 0.25) is 11.1 Å². The summed E-state index contributed by atoms with van der Waals surface area (Å²) in [5.41, 5.74) is 3.52. The first-order valence-corrected chi connectivity index (χ1v) is 14.4. The highest BCUT2D eigenvalue weighted by Crippen LogP contribution is 2.42. The van der Waals surface area contributed by atoms with Gasteiger partial charge in [-0.05, 0) is 37.5 Å². The number of aliphatic hydroxyl groups is 1. The van der Waals surface area contributed by atoms with Crippen molar-refractivity contribution >= 4 is 28.5 Å². The van der Waals surface area contributed by atoms with Crippen molar-refractivity contribution in [3.63, 3.8) is 0 Å². The molecule has 4 aliphatic heterocycles. The van der Waals surface area contributed by atoms with Crippen molar-refractivity contribution in [3.8, 4) is 17.0 Å². The van der Waals surface area contributed by atoms with Crippen molar-refractivity contribution in [1.29, 1.82) is 0 Å². The van der Waals surface area contributed by atoms with Gasteiger partial charge in [0.25, 0.3) is 5.91 Å². The molecular formula is C28H32N6O3S. The van der Waals surface area contributed by atoms with E-state index in [-0.39, 0.29) is 11.5 Å². The zero-order valence-corrected chi connectivity index (χ0v) is 22.2. The molecule has 1 amide bonds. The maximum atomic E-state index is 12.7. The lowest BCUT2D eigenvalue weighted by molar-refractivity contribution is 0.0665. The predicted molar refractivity (Wildman–Crippen MR) is 146 cm³/mol. The SMILES string of the molecule is O=C(c1ccc(-c2cc3c(cn2)OC2(CCN(c4nc(N5CCCC5)ns4)CC2)C3)cc1)N1CC[C@@H](O)C1. The standard InChI is InChI=1S/C28H32N6O3S/c35-22-7-12-34(18-22)25(36)20-5-3-19(4-6-20)23-15-21-16-28(37-24(21)17-29-23)8-13-33(14-9-28)27-30-26(31-38-27)32-10-1-2-11-32/h3-6,15,17,22,35H,1-2,7-14,16,18H2/t22-/m1/s1. The van der Waals surface area contributed by atoms with Gasteiger partial charge in [-0.15, -0.1) is 0 Å². The molecule has 9 nitrogen and oxygen atoms in total. The molecule has 1 atom stereocenters. The molecule has 0 unspecified atom stereocenters. The quantitative estimate of drug-likeness (QED) is 0.547. The zero-order chi connectivity index (χ0) is 25.7. The third kappa shape index (κ3) is 4.39. The lowest BCUT2D eigenvalue weighted by Crippen LogP contribution is -2.47. The molecule has 0 radical (unpaired) electrons. The average molecular weight is 533 g/mol. The van der Waals surface area contributed by atoms with Crippen molar-refractivity contribution in [2.45, 2.75) is 50.2 Å². The number of aliphatic hydroxyl groups excluding tert-OH is 1. The van der Waals surface area contributed by atoms with Crippen LogP contribution in [0.2, 0.25) is 0 Å². The average Bonchev–Trinajstić information content (AvgIpc) is 3.75. The number of β-amino-alcohol motifs (C(OH)–C–C–N with tert-alkyl or cyclic N) is 1. The molecule has 1 aromatic carbocycles. The molecule has 3 fully saturated rings. The number of piperidine rings is 1. The molecule has 0 aliphatic carbocycles. The van der Waals surface area contributed by atoms with E-state index in [0.717, 1.165) is 73.5 Å². The topological polar surface area (TPSA) is 94.9 Å². The minimum atomic E-state index is -0.413. The number of nitrogens with zero attached hydrogens (tertiary/aromatic N) is 6. The van der Waals surface area contributed by atoms with Crippen LogP contribution in [-0.2, 0) is 6.42 Å². The Morgan fingerprint density at radius 1 is 1.05 bits per heavy atom. The largest absolute Gasteiger partial charge is 0.485 e. The van der Waals surface area contributed by atoms with Gasteiger partial charge in [-0.1, -0.05) is 12.1 Å². The number of benzene rings is 1. The van der Waals surface area contributed by atoms with Crippen molar-refractivity contribution in [3.05, 3.63) is 47.7 Å². The molecule has 10 heteroatoms. The van der Waals surface area contributed by atoms with Crippen LogP contribution in [0.3, 0.4) is 0 Å². The highest BCUT2D eigenvalue weighted by molar-refractivity contribution is 7.09. The Balaban J connectivity index is 1.00. The Morgan fingerprint density at radius 3 is 2.58 bits per heavy atom. The van der Waals surface area contributed by atoms with Crippen molar-refractivity contribution in [2.75, 3.05) is 49.1 Å². The van der Waals surface area contributed by atoms with Gasteiger partial charge in [0.05, 0.1) is 18.0 Å². The highest BCUT2D eigenvalue weighted by atomic mass is 32.1. The van der Waals surface area contributed by atoms with Crippen LogP contribution in [0.25, 0.3) is 11.3 Å². The van der Waals surface area contributed by atoms with Crippen LogP contribution >= 0.6 is 11.5 Å². The van der Waals surface area contributed by atoms with Gasteiger partial charge in [-0.25, -0.2) is 0 Å². The minimum absolute atomic E-state index is 0.0301. The fraction of sp³-hybridized carbons (Fsp3) is 0.500. The van der Waals surface area contributed by atoms with E-state index in [4.69, 9.17) is 9.72 Å². The molecule has 4 aliphatic rings. The van der Waals surface area contributed by atoms with Crippen LogP contribution in [-0.4, -0.2) is 81.2 Å². The fourth-order valence-corrected chi connectivity index (χ4v) is 6.89. The number of carbonyl (C=O) groups is 1. The van der Waals surface area contributed by atoms with Crippen LogP contribution in [0.1, 0.15) is 48.0 Å². The minimum Gasteiger partial charge on any atom is -0.485 e. The molecule has 3 aromatic rings. The second-order valence-electron chi connectivity index (χ2n) is 11.0. The maximum Gasteiger partial charge on any atom is 0.253 e.